The van der Waals surface area contributed by atoms with Crippen molar-refractivity contribution in [2.45, 2.75) is 36.7 Å². The third-order valence-electron chi connectivity index (χ3n) is 6.75. The molecule has 0 radical (unpaired) electrons. The van der Waals surface area contributed by atoms with Crippen LogP contribution in [-0.4, -0.2) is 38.7 Å². The number of imide groups is 1. The summed E-state index contributed by atoms with van der Waals surface area (Å²) in [4.78, 5) is 35.9. The smallest absolute Gasteiger partial charge is 0.266 e. The van der Waals surface area contributed by atoms with E-state index in [0.717, 1.165) is 11.1 Å². The predicted molar refractivity (Wildman–Crippen MR) is 145 cm³/mol. The fraction of sp³-hybridized carbons (Fsp3) is 0.200. The number of carbonyl (C=O) groups is 2. The molecule has 1 aromatic heterocycles. The molecule has 0 saturated carbocycles. The van der Waals surface area contributed by atoms with Gasteiger partial charge in [-0.25, -0.2) is 14.9 Å². The second-order valence-electron chi connectivity index (χ2n) is 9.28. The van der Waals surface area contributed by atoms with E-state index in [4.69, 9.17) is 9.47 Å². The van der Waals surface area contributed by atoms with Gasteiger partial charge in [-0.3, -0.25) is 9.59 Å². The maximum absolute atomic E-state index is 13.1. The number of rotatable bonds is 7. The van der Waals surface area contributed by atoms with E-state index in [1.807, 2.05) is 30.3 Å². The number of aromatic nitrogens is 2. The summed E-state index contributed by atoms with van der Waals surface area (Å²) in [5, 5.41) is 10.1. The monoisotopic (exact) mass is 539 g/mol. The molecule has 3 atom stereocenters. The van der Waals surface area contributed by atoms with Crippen molar-refractivity contribution in [2.24, 2.45) is 0 Å². The number of hydrogen-bond acceptors (Lipinski definition) is 8. The fourth-order valence-electron chi connectivity index (χ4n) is 4.78. The van der Waals surface area contributed by atoms with Crippen LogP contribution in [0.2, 0.25) is 0 Å². The van der Waals surface area contributed by atoms with E-state index in [9.17, 15) is 14.7 Å². The number of benzene rings is 3. The molecule has 0 unspecified atom stereocenters. The summed E-state index contributed by atoms with van der Waals surface area (Å²) >= 11 is 1.51. The van der Waals surface area contributed by atoms with Gasteiger partial charge in [-0.1, -0.05) is 60.3 Å². The lowest BCUT2D eigenvalue weighted by Gasteiger charge is -2.36. The van der Waals surface area contributed by atoms with E-state index in [-0.39, 0.29) is 30.6 Å². The molecule has 0 spiro atoms. The molecule has 6 rings (SSSR count). The Labute approximate surface area is 229 Å². The second-order valence-corrected chi connectivity index (χ2v) is 10.3. The van der Waals surface area contributed by atoms with Crippen molar-refractivity contribution in [2.75, 3.05) is 10.7 Å². The third-order valence-corrected chi connectivity index (χ3v) is 7.76. The van der Waals surface area contributed by atoms with Gasteiger partial charge in [0.15, 0.2) is 11.4 Å². The Hall–Kier alpha value is -3.89. The highest BCUT2D eigenvalue weighted by atomic mass is 32.2. The molecule has 2 amide bonds. The number of ether oxygens (including phenoxy) is 2. The van der Waals surface area contributed by atoms with Gasteiger partial charge < -0.3 is 14.6 Å². The summed E-state index contributed by atoms with van der Waals surface area (Å²) < 4.78 is 12.8. The summed E-state index contributed by atoms with van der Waals surface area (Å²) in [6, 6.07) is 23.5. The van der Waals surface area contributed by atoms with Crippen LogP contribution in [0.5, 0.6) is 0 Å². The lowest BCUT2D eigenvalue weighted by Crippen LogP contribution is -2.32. The Morgan fingerprint density at radius 1 is 0.846 bits per heavy atom. The van der Waals surface area contributed by atoms with Gasteiger partial charge >= 0.3 is 0 Å². The molecule has 3 aromatic carbocycles. The maximum Gasteiger partial charge on any atom is 0.266 e. The molecule has 39 heavy (non-hydrogen) atoms. The van der Waals surface area contributed by atoms with Crippen LogP contribution in [0.1, 0.15) is 56.2 Å². The van der Waals surface area contributed by atoms with Crippen molar-refractivity contribution in [3.63, 3.8) is 0 Å². The normalized spacial score (nSPS) is 20.7. The molecule has 4 aromatic rings. The van der Waals surface area contributed by atoms with Crippen LogP contribution >= 0.6 is 11.8 Å². The number of aliphatic hydroxyl groups is 1. The van der Waals surface area contributed by atoms with Crippen LogP contribution in [0.3, 0.4) is 0 Å². The summed E-state index contributed by atoms with van der Waals surface area (Å²) in [5.74, 6) is -0.0813. The summed E-state index contributed by atoms with van der Waals surface area (Å²) in [6.45, 7) is -0.0293. The average Bonchev–Trinajstić information content (AvgIpc) is 3.26. The van der Waals surface area contributed by atoms with Crippen molar-refractivity contribution in [1.29, 1.82) is 0 Å². The average molecular weight is 540 g/mol. The standard InChI is InChI=1S/C30H25N3O5S/c34-17-19-9-11-20(12-10-19)26-16-23(18-39-30-31-13-4-14-32-30)37-29(38-26)21-5-3-6-22(15-21)33-27(35)24-7-1-2-8-25(24)28(33)36/h1-15,23,26,29,34H,16-18H2/t23-,26+,29+/m0/s1. The summed E-state index contributed by atoms with van der Waals surface area (Å²) in [6.07, 6.45) is 2.87. The third kappa shape index (κ3) is 5.22. The molecule has 2 aliphatic heterocycles. The van der Waals surface area contributed by atoms with E-state index >= 15 is 0 Å². The Morgan fingerprint density at radius 2 is 1.56 bits per heavy atom. The first-order valence-electron chi connectivity index (χ1n) is 12.6. The highest BCUT2D eigenvalue weighted by Gasteiger charge is 2.37. The first-order chi connectivity index (χ1) is 19.1. The Bertz CT molecular complexity index is 1460. The highest BCUT2D eigenvalue weighted by molar-refractivity contribution is 7.99. The molecule has 2 aliphatic rings. The molecule has 3 heterocycles. The lowest BCUT2D eigenvalue weighted by molar-refractivity contribution is -0.245. The minimum atomic E-state index is -0.723. The van der Waals surface area contributed by atoms with Gasteiger partial charge in [0.25, 0.3) is 11.8 Å². The maximum atomic E-state index is 13.1. The molecule has 1 fully saturated rings. The molecule has 1 saturated heterocycles. The van der Waals surface area contributed by atoms with Crippen LogP contribution in [0, 0.1) is 0 Å². The van der Waals surface area contributed by atoms with Gasteiger partial charge in [-0.2, -0.15) is 0 Å². The molecular formula is C30H25N3O5S. The van der Waals surface area contributed by atoms with Crippen molar-refractivity contribution in [3.8, 4) is 0 Å². The number of nitrogens with zero attached hydrogens (tertiary/aromatic N) is 3. The first kappa shape index (κ1) is 25.4. The number of anilines is 1. The quantitative estimate of drug-likeness (QED) is 0.197. The molecule has 196 valence electrons. The number of carbonyl (C=O) groups excluding carboxylic acids is 2. The van der Waals surface area contributed by atoms with E-state index in [2.05, 4.69) is 9.97 Å². The fourth-order valence-corrected chi connectivity index (χ4v) is 5.60. The zero-order valence-corrected chi connectivity index (χ0v) is 21.7. The topological polar surface area (TPSA) is 102 Å². The van der Waals surface area contributed by atoms with E-state index in [1.54, 1.807) is 60.9 Å². The van der Waals surface area contributed by atoms with Crippen molar-refractivity contribution in [1.82, 2.24) is 9.97 Å². The lowest BCUT2D eigenvalue weighted by atomic mass is 10.0. The Morgan fingerprint density at radius 3 is 2.26 bits per heavy atom. The van der Waals surface area contributed by atoms with Crippen LogP contribution in [0.4, 0.5) is 5.69 Å². The predicted octanol–water partition coefficient (Wildman–Crippen LogP) is 5.11. The summed E-state index contributed by atoms with van der Waals surface area (Å²) in [7, 11) is 0. The number of fused-ring (bicyclic) bond motifs is 1. The number of hydrogen-bond donors (Lipinski definition) is 1. The second kappa shape index (κ2) is 11.1. The number of amides is 2. The summed E-state index contributed by atoms with van der Waals surface area (Å²) in [5.41, 5.74) is 3.75. The molecule has 0 aliphatic carbocycles. The number of aliphatic hydroxyl groups excluding tert-OH is 1. The number of thioether (sulfide) groups is 1. The van der Waals surface area contributed by atoms with Crippen LogP contribution < -0.4 is 4.90 Å². The molecule has 1 N–H and O–H groups in total. The van der Waals surface area contributed by atoms with Crippen molar-refractivity contribution < 1.29 is 24.2 Å². The zero-order chi connectivity index (χ0) is 26.8. The van der Waals surface area contributed by atoms with Gasteiger partial charge in [-0.15, -0.1) is 0 Å². The SMILES string of the molecule is O=C1c2ccccc2C(=O)N1c1cccc([C@@H]2O[C@H](CSc3ncccn3)C[C@H](c3ccc(CO)cc3)O2)c1. The van der Waals surface area contributed by atoms with E-state index in [1.165, 1.54) is 16.7 Å². The molecule has 9 heteroatoms. The van der Waals surface area contributed by atoms with Gasteiger partial charge in [-0.05, 0) is 41.5 Å². The van der Waals surface area contributed by atoms with Gasteiger partial charge in [0, 0.05) is 30.1 Å². The molecular weight excluding hydrogens is 514 g/mol. The molecule has 8 nitrogen and oxygen atoms in total. The Kier molecular flexibility index (Phi) is 7.21. The van der Waals surface area contributed by atoms with Crippen LogP contribution in [0.15, 0.2) is 96.4 Å². The Balaban J connectivity index is 1.27. The largest absolute Gasteiger partial charge is 0.392 e. The van der Waals surface area contributed by atoms with Crippen LogP contribution in [-0.2, 0) is 16.1 Å². The molecule has 0 bridgehead atoms. The van der Waals surface area contributed by atoms with E-state index < -0.39 is 6.29 Å². The van der Waals surface area contributed by atoms with Crippen LogP contribution in [0.25, 0.3) is 0 Å². The van der Waals surface area contributed by atoms with E-state index in [0.29, 0.717) is 39.7 Å². The van der Waals surface area contributed by atoms with Crippen molar-refractivity contribution in [3.05, 3.63) is 119 Å². The minimum absolute atomic E-state index is 0.0293. The zero-order valence-electron chi connectivity index (χ0n) is 20.8. The minimum Gasteiger partial charge on any atom is -0.392 e. The first-order valence-corrected chi connectivity index (χ1v) is 13.6. The van der Waals surface area contributed by atoms with Gasteiger partial charge in [0.2, 0.25) is 0 Å². The van der Waals surface area contributed by atoms with Gasteiger partial charge in [0.05, 0.1) is 35.6 Å². The van der Waals surface area contributed by atoms with Gasteiger partial charge in [0.1, 0.15) is 0 Å². The van der Waals surface area contributed by atoms with Crippen molar-refractivity contribution >= 4 is 29.3 Å². The highest BCUT2D eigenvalue weighted by Crippen LogP contribution is 2.40.